The number of rotatable bonds is 4. The zero-order valence-corrected chi connectivity index (χ0v) is 10.7. The van der Waals surface area contributed by atoms with Crippen LogP contribution < -0.4 is 0 Å². The molecule has 1 heterocycles. The monoisotopic (exact) mass is 284 g/mol. The maximum Gasteiger partial charge on any atom is 0.371 e. The van der Waals surface area contributed by atoms with E-state index in [2.05, 4.69) is 0 Å². The fraction of sp³-hybridized carbons (Fsp3) is 0.0833. The topological polar surface area (TPSA) is 67.5 Å². The molecule has 0 saturated heterocycles. The van der Waals surface area contributed by atoms with Crippen molar-refractivity contribution in [3.05, 3.63) is 52.9 Å². The molecule has 0 aliphatic rings. The quantitative estimate of drug-likeness (QED) is 0.937. The van der Waals surface area contributed by atoms with Gasteiger partial charge in [0.15, 0.2) is 0 Å². The summed E-state index contributed by atoms with van der Waals surface area (Å²) in [5.41, 5.74) is 0. The summed E-state index contributed by atoms with van der Waals surface area (Å²) in [7, 11) is -1.36. The normalized spacial score (nSPS) is 12.3. The van der Waals surface area contributed by atoms with E-state index in [1.54, 1.807) is 24.3 Å². The highest BCUT2D eigenvalue weighted by atomic mass is 35.5. The molecule has 2 aromatic rings. The van der Waals surface area contributed by atoms with E-state index in [0.717, 1.165) is 0 Å². The molecule has 18 heavy (non-hydrogen) atoms. The van der Waals surface area contributed by atoms with E-state index in [4.69, 9.17) is 21.1 Å². The van der Waals surface area contributed by atoms with Crippen LogP contribution in [0.2, 0.25) is 5.02 Å². The Kier molecular flexibility index (Phi) is 3.84. The van der Waals surface area contributed by atoms with Crippen molar-refractivity contribution in [2.24, 2.45) is 0 Å². The minimum absolute atomic E-state index is 0.0943. The summed E-state index contributed by atoms with van der Waals surface area (Å²) >= 11 is 5.92. The highest BCUT2D eigenvalue weighted by Gasteiger charge is 2.13. The second-order valence-electron chi connectivity index (χ2n) is 3.49. The van der Waals surface area contributed by atoms with Crippen LogP contribution in [0.5, 0.6) is 0 Å². The molecule has 0 aliphatic heterocycles. The Hall–Kier alpha value is -1.59. The Bertz CT molecular complexity index is 606. The highest BCUT2D eigenvalue weighted by Crippen LogP contribution is 2.22. The van der Waals surface area contributed by atoms with Gasteiger partial charge in [0.1, 0.15) is 5.76 Å². The molecule has 0 radical (unpaired) electrons. The smallest absolute Gasteiger partial charge is 0.371 e. The molecule has 0 bridgehead atoms. The van der Waals surface area contributed by atoms with Crippen LogP contribution in [0.4, 0.5) is 0 Å². The molecule has 1 aromatic heterocycles. The molecule has 0 amide bonds. The number of halogens is 1. The third-order valence-corrected chi connectivity index (χ3v) is 4.06. The molecular weight excluding hydrogens is 276 g/mol. The zero-order chi connectivity index (χ0) is 13.1. The van der Waals surface area contributed by atoms with Gasteiger partial charge in [0.2, 0.25) is 5.76 Å². The first-order valence-electron chi connectivity index (χ1n) is 5.03. The third kappa shape index (κ3) is 2.80. The second kappa shape index (κ2) is 5.37. The van der Waals surface area contributed by atoms with Crippen molar-refractivity contribution in [2.45, 2.75) is 10.6 Å². The maximum atomic E-state index is 12.0. The van der Waals surface area contributed by atoms with Gasteiger partial charge in [-0.1, -0.05) is 23.7 Å². The van der Waals surface area contributed by atoms with Gasteiger partial charge in [-0.3, -0.25) is 4.21 Å². The summed E-state index contributed by atoms with van der Waals surface area (Å²) in [4.78, 5) is 11.1. The van der Waals surface area contributed by atoms with Crippen molar-refractivity contribution >= 4 is 28.4 Å². The van der Waals surface area contributed by atoms with Crippen LogP contribution in [-0.4, -0.2) is 15.3 Å². The molecule has 0 fully saturated rings. The average Bonchev–Trinajstić information content (AvgIpc) is 2.78. The Balaban J connectivity index is 2.16. The average molecular weight is 285 g/mol. The van der Waals surface area contributed by atoms with Crippen molar-refractivity contribution < 1.29 is 18.5 Å². The first-order valence-corrected chi connectivity index (χ1v) is 6.72. The lowest BCUT2D eigenvalue weighted by Gasteiger charge is -2.02. The SMILES string of the molecule is O=C(O)c1ccc(CS(=O)c2ccccc2Cl)o1. The van der Waals surface area contributed by atoms with Gasteiger partial charge < -0.3 is 9.52 Å². The number of aromatic carboxylic acids is 1. The van der Waals surface area contributed by atoms with E-state index in [1.165, 1.54) is 12.1 Å². The Morgan fingerprint density at radius 1 is 1.28 bits per heavy atom. The lowest BCUT2D eigenvalue weighted by molar-refractivity contribution is 0.0661. The van der Waals surface area contributed by atoms with Crippen LogP contribution in [0.1, 0.15) is 16.3 Å². The molecular formula is C12H9ClO4S. The van der Waals surface area contributed by atoms with E-state index in [1.807, 2.05) is 0 Å². The van der Waals surface area contributed by atoms with Crippen LogP contribution in [-0.2, 0) is 16.6 Å². The van der Waals surface area contributed by atoms with E-state index in [0.29, 0.717) is 15.7 Å². The fourth-order valence-corrected chi connectivity index (χ4v) is 2.89. The van der Waals surface area contributed by atoms with Gasteiger partial charge in [-0.05, 0) is 24.3 Å². The predicted octanol–water partition coefficient (Wildman–Crippen LogP) is 2.94. The molecule has 0 saturated carbocycles. The third-order valence-electron chi connectivity index (χ3n) is 2.23. The summed E-state index contributed by atoms with van der Waals surface area (Å²) in [6.07, 6.45) is 0. The van der Waals surface area contributed by atoms with Gasteiger partial charge in [-0.2, -0.15) is 0 Å². The number of carbonyl (C=O) groups is 1. The lowest BCUT2D eigenvalue weighted by Crippen LogP contribution is -1.96. The summed E-state index contributed by atoms with van der Waals surface area (Å²) < 4.78 is 17.1. The molecule has 6 heteroatoms. The summed E-state index contributed by atoms with van der Waals surface area (Å²) in [5, 5.41) is 9.12. The van der Waals surface area contributed by atoms with Crippen LogP contribution in [0.15, 0.2) is 45.7 Å². The van der Waals surface area contributed by atoms with E-state index >= 15 is 0 Å². The predicted molar refractivity (Wildman–Crippen MR) is 67.2 cm³/mol. The summed E-state index contributed by atoms with van der Waals surface area (Å²) in [5.74, 6) is -0.867. The number of benzene rings is 1. The van der Waals surface area contributed by atoms with Crippen molar-refractivity contribution in [3.8, 4) is 0 Å². The number of carboxylic acid groups (broad SMARTS) is 1. The van der Waals surface area contributed by atoms with Crippen molar-refractivity contribution in [3.63, 3.8) is 0 Å². The molecule has 0 aliphatic carbocycles. The Morgan fingerprint density at radius 3 is 2.61 bits per heavy atom. The summed E-state index contributed by atoms with van der Waals surface area (Å²) in [6.45, 7) is 0. The maximum absolute atomic E-state index is 12.0. The molecule has 1 unspecified atom stereocenters. The molecule has 4 nitrogen and oxygen atoms in total. The Labute approximate surface area is 111 Å². The van der Waals surface area contributed by atoms with E-state index in [-0.39, 0.29) is 11.5 Å². The number of hydrogen-bond donors (Lipinski definition) is 1. The molecule has 1 atom stereocenters. The van der Waals surface area contributed by atoms with Crippen molar-refractivity contribution in [1.82, 2.24) is 0 Å². The summed E-state index contributed by atoms with van der Waals surface area (Å²) in [6, 6.07) is 9.64. The van der Waals surface area contributed by atoms with E-state index in [9.17, 15) is 9.00 Å². The molecule has 1 N–H and O–H groups in total. The number of hydrogen-bond acceptors (Lipinski definition) is 3. The van der Waals surface area contributed by atoms with Gasteiger partial charge in [0, 0.05) is 0 Å². The number of carboxylic acids is 1. The second-order valence-corrected chi connectivity index (χ2v) is 5.32. The van der Waals surface area contributed by atoms with Crippen molar-refractivity contribution in [2.75, 3.05) is 0 Å². The zero-order valence-electron chi connectivity index (χ0n) is 9.13. The van der Waals surface area contributed by atoms with Crippen molar-refractivity contribution in [1.29, 1.82) is 0 Å². The standard InChI is InChI=1S/C12H9ClO4S/c13-9-3-1-2-4-11(9)18(16)7-8-5-6-10(17-8)12(14)15/h1-6H,7H2,(H,14,15). The van der Waals surface area contributed by atoms with Gasteiger partial charge in [-0.25, -0.2) is 4.79 Å². The van der Waals surface area contributed by atoms with Crippen LogP contribution >= 0.6 is 11.6 Å². The minimum atomic E-state index is -1.36. The Morgan fingerprint density at radius 2 is 2.00 bits per heavy atom. The first-order chi connectivity index (χ1) is 8.58. The van der Waals surface area contributed by atoms with Crippen LogP contribution in [0.25, 0.3) is 0 Å². The van der Waals surface area contributed by atoms with Gasteiger partial charge in [0.05, 0.1) is 26.5 Å². The van der Waals surface area contributed by atoms with Gasteiger partial charge >= 0.3 is 5.97 Å². The van der Waals surface area contributed by atoms with Crippen LogP contribution in [0.3, 0.4) is 0 Å². The molecule has 0 spiro atoms. The first kappa shape index (κ1) is 12.9. The molecule has 1 aromatic carbocycles. The minimum Gasteiger partial charge on any atom is -0.475 e. The molecule has 94 valence electrons. The lowest BCUT2D eigenvalue weighted by atomic mass is 10.4. The largest absolute Gasteiger partial charge is 0.475 e. The fourth-order valence-electron chi connectivity index (χ4n) is 1.41. The van der Waals surface area contributed by atoms with Gasteiger partial charge in [0.25, 0.3) is 0 Å². The number of furan rings is 1. The molecule has 2 rings (SSSR count). The highest BCUT2D eigenvalue weighted by molar-refractivity contribution is 7.84. The van der Waals surface area contributed by atoms with Gasteiger partial charge in [-0.15, -0.1) is 0 Å². The van der Waals surface area contributed by atoms with Crippen LogP contribution in [0, 0.1) is 0 Å². The van der Waals surface area contributed by atoms with E-state index < -0.39 is 16.8 Å².